The number of anilines is 1. The monoisotopic (exact) mass is 434 g/mol. The van der Waals surface area contributed by atoms with Gasteiger partial charge in [-0.3, -0.25) is 5.32 Å². The fourth-order valence-electron chi connectivity index (χ4n) is 4.85. The molecule has 0 spiro atoms. The van der Waals surface area contributed by atoms with Gasteiger partial charge >= 0.3 is 6.09 Å². The number of hydrogen-bond acceptors (Lipinski definition) is 6. The molecule has 5 atom stereocenters. The minimum atomic E-state index is -0.500. The lowest BCUT2D eigenvalue weighted by molar-refractivity contribution is -0.938. The summed E-state index contributed by atoms with van der Waals surface area (Å²) in [7, 11) is 4.49. The van der Waals surface area contributed by atoms with Crippen LogP contribution in [-0.4, -0.2) is 61.5 Å². The topological polar surface area (TPSA) is 91.0 Å². The molecular weight excluding hydrogens is 411 g/mol. The predicted molar refractivity (Wildman–Crippen MR) is 107 cm³/mol. The molecule has 0 saturated carbocycles. The van der Waals surface area contributed by atoms with Crippen molar-refractivity contribution in [2.45, 2.75) is 43.2 Å². The number of hydrogen-bond donors (Lipinski definition) is 1. The summed E-state index contributed by atoms with van der Waals surface area (Å²) in [6.07, 6.45) is 1.70. The van der Waals surface area contributed by atoms with Crippen molar-refractivity contribution in [2.75, 3.05) is 19.4 Å². The van der Waals surface area contributed by atoms with Gasteiger partial charge < -0.3 is 23.9 Å². The second-order valence-electron chi connectivity index (χ2n) is 8.22. The molecule has 30 heavy (non-hydrogen) atoms. The Labute approximate surface area is 177 Å². The van der Waals surface area contributed by atoms with Crippen molar-refractivity contribution in [1.29, 1.82) is 0 Å². The highest BCUT2D eigenvalue weighted by atomic mass is 32.1. The minimum absolute atomic E-state index is 0.104. The van der Waals surface area contributed by atoms with Gasteiger partial charge in [0.25, 0.3) is 0 Å². The van der Waals surface area contributed by atoms with E-state index < -0.39 is 12.6 Å². The van der Waals surface area contributed by atoms with E-state index >= 15 is 0 Å². The predicted octanol–water partition coefficient (Wildman–Crippen LogP) is 2.23. The van der Waals surface area contributed by atoms with Crippen LogP contribution in [0.4, 0.5) is 14.9 Å². The van der Waals surface area contributed by atoms with E-state index in [9.17, 15) is 9.18 Å². The van der Waals surface area contributed by atoms with E-state index in [0.717, 1.165) is 22.2 Å². The highest BCUT2D eigenvalue weighted by Crippen LogP contribution is 2.51. The lowest BCUT2D eigenvalue weighted by Gasteiger charge is -2.45. The smallest absolute Gasteiger partial charge is 0.411 e. The van der Waals surface area contributed by atoms with Crippen LogP contribution in [0.1, 0.15) is 12.8 Å². The van der Waals surface area contributed by atoms with E-state index in [1.165, 1.54) is 23.5 Å². The van der Waals surface area contributed by atoms with Gasteiger partial charge in [-0.2, -0.15) is 0 Å². The number of piperidine rings is 1. The van der Waals surface area contributed by atoms with Gasteiger partial charge in [0.1, 0.15) is 36.2 Å². The van der Waals surface area contributed by atoms with Crippen molar-refractivity contribution in [1.82, 2.24) is 0 Å². The quantitative estimate of drug-likeness (QED) is 0.455. The number of likely N-dealkylation sites (N-methyl/N-ethyl adjacent to an activating group) is 1. The van der Waals surface area contributed by atoms with E-state index in [1.54, 1.807) is 6.07 Å². The van der Waals surface area contributed by atoms with E-state index in [4.69, 9.17) is 19.4 Å². The molecule has 1 aromatic carbocycles. The van der Waals surface area contributed by atoms with Crippen LogP contribution in [0.5, 0.6) is 0 Å². The molecule has 4 heterocycles. The zero-order chi connectivity index (χ0) is 21.5. The first kappa shape index (κ1) is 20.8. The number of carboxylic acid groups (broad SMARTS) is 1. The molecule has 1 unspecified atom stereocenters. The maximum atomic E-state index is 13.7. The molecule has 7 nitrogen and oxygen atoms in total. The number of rotatable bonds is 3. The summed E-state index contributed by atoms with van der Waals surface area (Å²) >= 11 is 1.50. The number of halogens is 1. The maximum Gasteiger partial charge on any atom is 0.411 e. The van der Waals surface area contributed by atoms with Gasteiger partial charge in [-0.15, -0.1) is 11.3 Å². The molecule has 0 aliphatic carbocycles. The molecule has 5 rings (SSSR count). The highest BCUT2D eigenvalue weighted by molar-refractivity contribution is 7.13. The molecule has 2 aromatic rings. The van der Waals surface area contributed by atoms with Crippen LogP contribution >= 0.6 is 11.3 Å². The maximum absolute atomic E-state index is 13.7. The van der Waals surface area contributed by atoms with Crippen LogP contribution < -0.4 is 10.4 Å². The van der Waals surface area contributed by atoms with Crippen LogP contribution in [0.15, 0.2) is 35.7 Å². The van der Waals surface area contributed by atoms with E-state index in [1.807, 2.05) is 17.5 Å². The van der Waals surface area contributed by atoms with Gasteiger partial charge in [0.15, 0.2) is 0 Å². The summed E-state index contributed by atoms with van der Waals surface area (Å²) in [6.45, 7) is -0.500. The van der Waals surface area contributed by atoms with Gasteiger partial charge in [0, 0.05) is 29.8 Å². The number of morpholine rings is 1. The Kier molecular flexibility index (Phi) is 5.52. The first-order valence-electron chi connectivity index (χ1n) is 9.70. The Bertz CT molecular complexity index is 915. The molecule has 3 aliphatic rings. The molecule has 2 bridgehead atoms. The summed E-state index contributed by atoms with van der Waals surface area (Å²) in [5.41, 5.74) is 1.23. The number of carbonyl (C=O) groups excluding carboxylic acids is 2. The Hall–Kier alpha value is -2.49. The summed E-state index contributed by atoms with van der Waals surface area (Å²) in [6, 6.07) is 8.95. The largest absolute Gasteiger partial charge is 0.554 e. The summed E-state index contributed by atoms with van der Waals surface area (Å²) < 4.78 is 26.2. The Morgan fingerprint density at radius 2 is 1.97 bits per heavy atom. The number of quaternary nitrogens is 1. The summed E-state index contributed by atoms with van der Waals surface area (Å²) in [5.74, 6) is -0.333. The van der Waals surface area contributed by atoms with Crippen molar-refractivity contribution in [3.05, 3.63) is 41.5 Å². The van der Waals surface area contributed by atoms with Gasteiger partial charge in [-0.25, -0.2) is 9.18 Å². The molecule has 1 N–H and O–H groups in total. The normalized spacial score (nSPS) is 29.8. The molecule has 9 heteroatoms. The second-order valence-corrected chi connectivity index (χ2v) is 9.16. The average molecular weight is 434 g/mol. The number of carbonyl (C=O) groups is 2. The van der Waals surface area contributed by atoms with Crippen LogP contribution in [0, 0.1) is 5.82 Å². The van der Waals surface area contributed by atoms with Crippen molar-refractivity contribution in [2.24, 2.45) is 0 Å². The van der Waals surface area contributed by atoms with Crippen molar-refractivity contribution in [3.63, 3.8) is 0 Å². The molecule has 3 aliphatic heterocycles. The van der Waals surface area contributed by atoms with Crippen LogP contribution in [0.25, 0.3) is 10.4 Å². The van der Waals surface area contributed by atoms with Gasteiger partial charge in [0.05, 0.1) is 19.8 Å². The number of ether oxygens (including phenoxy) is 2. The number of nitrogens with one attached hydrogen (secondary N) is 1. The molecule has 1 aromatic heterocycles. The van der Waals surface area contributed by atoms with Crippen molar-refractivity contribution in [3.8, 4) is 10.4 Å². The lowest BCUT2D eigenvalue weighted by atomic mass is 9.96. The van der Waals surface area contributed by atoms with Crippen molar-refractivity contribution >= 4 is 29.6 Å². The number of nitrogens with zero attached hydrogens (tertiary/aromatic N) is 1. The standard InChI is InChI=1S/C20H21FN2O3S.CH2O2/c1-23(2)15-9-12(10-16(23)19-18(15)26-19)25-20(24)22-14-6-5-11(21)8-13(14)17-4-3-7-27-17;2-1-3/h3-8,12,15-16,18-19H,9-10H2,1-2H3;1H,(H,2,3)/t12?,15-,16+,18-,19+;. The SMILES string of the molecule is C[N+]1(C)[C@@H]2CC(OC(=O)Nc3ccc(F)cc3-c3cccs3)C[C@H]1[C@@H]1O[C@@H]12.O=C[O-]. The third-order valence-corrected chi connectivity index (χ3v) is 7.22. The van der Waals surface area contributed by atoms with E-state index in [2.05, 4.69) is 19.4 Å². The Morgan fingerprint density at radius 1 is 1.30 bits per heavy atom. The lowest BCUT2D eigenvalue weighted by Crippen LogP contribution is -2.60. The third-order valence-electron chi connectivity index (χ3n) is 6.32. The summed E-state index contributed by atoms with van der Waals surface area (Å²) in [4.78, 5) is 21.7. The number of benzene rings is 1. The average Bonchev–Trinajstić information content (AvgIpc) is 3.24. The summed E-state index contributed by atoms with van der Waals surface area (Å²) in [5, 5.41) is 13.0. The van der Waals surface area contributed by atoms with Crippen LogP contribution in [-0.2, 0) is 14.3 Å². The highest BCUT2D eigenvalue weighted by Gasteiger charge is 2.70. The number of fused-ring (bicyclic) bond motifs is 5. The zero-order valence-electron chi connectivity index (χ0n) is 16.6. The number of epoxide rings is 1. The van der Waals surface area contributed by atoms with Gasteiger partial charge in [-0.1, -0.05) is 6.07 Å². The Balaban J connectivity index is 0.000000687. The minimum Gasteiger partial charge on any atom is -0.554 e. The van der Waals surface area contributed by atoms with E-state index in [-0.39, 0.29) is 11.9 Å². The number of thiophene rings is 1. The molecular formula is C21H23FN2O5S. The van der Waals surface area contributed by atoms with Gasteiger partial charge in [0.2, 0.25) is 0 Å². The first-order chi connectivity index (χ1) is 14.3. The zero-order valence-corrected chi connectivity index (χ0v) is 17.4. The van der Waals surface area contributed by atoms with Gasteiger partial charge in [-0.05, 0) is 29.6 Å². The fraction of sp³-hybridized carbons (Fsp3) is 0.429. The second kappa shape index (κ2) is 7.98. The molecule has 3 fully saturated rings. The number of amides is 1. The third kappa shape index (κ3) is 3.80. The molecule has 160 valence electrons. The van der Waals surface area contributed by atoms with Crippen LogP contribution in [0.3, 0.4) is 0 Å². The fourth-order valence-corrected chi connectivity index (χ4v) is 5.61. The molecule has 0 radical (unpaired) electrons. The van der Waals surface area contributed by atoms with Crippen molar-refractivity contribution < 1.29 is 33.0 Å². The first-order valence-corrected chi connectivity index (χ1v) is 10.6. The van der Waals surface area contributed by atoms with E-state index in [0.29, 0.717) is 35.5 Å². The Morgan fingerprint density at radius 3 is 2.57 bits per heavy atom. The molecule has 3 saturated heterocycles. The molecule has 1 amide bonds. The van der Waals surface area contributed by atoms with Crippen LogP contribution in [0.2, 0.25) is 0 Å².